The van der Waals surface area contributed by atoms with Crippen LogP contribution in [0.2, 0.25) is 0 Å². The Morgan fingerprint density at radius 2 is 0.860 bits per heavy atom. The van der Waals surface area contributed by atoms with Crippen molar-refractivity contribution in [3.05, 3.63) is 187 Å². The van der Waals surface area contributed by atoms with Crippen LogP contribution in [-0.2, 0) is 0 Å². The van der Waals surface area contributed by atoms with Crippen molar-refractivity contribution in [2.45, 2.75) is 6.29 Å². The number of hydrogen-bond donors (Lipinski definition) is 1. The highest BCUT2D eigenvalue weighted by Crippen LogP contribution is 2.38. The summed E-state index contributed by atoms with van der Waals surface area (Å²) in [5, 5.41) is 8.40. The predicted molar refractivity (Wildman–Crippen MR) is 207 cm³/mol. The van der Waals surface area contributed by atoms with Gasteiger partial charge in [0.25, 0.3) is 0 Å². The molecule has 0 atom stereocenters. The summed E-state index contributed by atoms with van der Waals surface area (Å²) in [7, 11) is 0. The molecule has 0 saturated carbocycles. The number of para-hydroxylation sites is 3. The fourth-order valence-corrected chi connectivity index (χ4v) is 7.49. The molecule has 50 heavy (non-hydrogen) atoms. The molecule has 5 heteroatoms. The van der Waals surface area contributed by atoms with Gasteiger partial charge in [0.1, 0.15) is 11.7 Å². The summed E-state index contributed by atoms with van der Waals surface area (Å²) < 4.78 is 4.65. The summed E-state index contributed by atoms with van der Waals surface area (Å²) in [6.07, 6.45) is -0.492. The monoisotopic (exact) mass is 641 g/mol. The van der Waals surface area contributed by atoms with E-state index in [1.807, 2.05) is 36.4 Å². The maximum atomic E-state index is 5.22. The largest absolute Gasteiger partial charge is 0.324 e. The average molecular weight is 642 g/mol. The van der Waals surface area contributed by atoms with Gasteiger partial charge in [-0.15, -0.1) is 0 Å². The zero-order valence-electron chi connectivity index (χ0n) is 27.1. The van der Waals surface area contributed by atoms with Crippen LogP contribution < -0.4 is 5.32 Å². The highest BCUT2D eigenvalue weighted by Gasteiger charge is 2.24. The van der Waals surface area contributed by atoms with E-state index in [2.05, 4.69) is 154 Å². The van der Waals surface area contributed by atoms with Crippen LogP contribution >= 0.6 is 0 Å². The molecular formula is C45H31N5. The first kappa shape index (κ1) is 28.3. The smallest absolute Gasteiger partial charge is 0.224 e. The van der Waals surface area contributed by atoms with Gasteiger partial charge in [-0.05, 0) is 53.6 Å². The van der Waals surface area contributed by atoms with Gasteiger partial charge < -0.3 is 9.88 Å². The average Bonchev–Trinajstić information content (AvgIpc) is 3.71. The lowest BCUT2D eigenvalue weighted by Crippen LogP contribution is -2.36. The molecule has 10 rings (SSSR count). The summed E-state index contributed by atoms with van der Waals surface area (Å²) in [4.78, 5) is 10.4. The number of nitrogens with zero attached hydrogens (tertiary/aromatic N) is 4. The van der Waals surface area contributed by atoms with Crippen LogP contribution in [0.4, 0.5) is 0 Å². The fraction of sp³-hybridized carbons (Fsp3) is 0.0222. The minimum absolute atomic E-state index is 0.492. The van der Waals surface area contributed by atoms with Crippen molar-refractivity contribution in [1.82, 2.24) is 14.5 Å². The fourth-order valence-electron chi connectivity index (χ4n) is 7.49. The van der Waals surface area contributed by atoms with Crippen molar-refractivity contribution in [1.29, 1.82) is 0 Å². The maximum Gasteiger partial charge on any atom is 0.224 e. The maximum absolute atomic E-state index is 5.22. The van der Waals surface area contributed by atoms with Crippen molar-refractivity contribution in [2.24, 2.45) is 9.98 Å². The molecule has 2 aromatic heterocycles. The van der Waals surface area contributed by atoms with Crippen LogP contribution in [0.5, 0.6) is 0 Å². The van der Waals surface area contributed by atoms with Crippen molar-refractivity contribution < 1.29 is 0 Å². The van der Waals surface area contributed by atoms with E-state index >= 15 is 0 Å². The molecule has 3 heterocycles. The van der Waals surface area contributed by atoms with Gasteiger partial charge in [-0.3, -0.25) is 4.57 Å². The molecule has 1 aliphatic heterocycles. The minimum atomic E-state index is -0.492. The Kier molecular flexibility index (Phi) is 6.49. The lowest BCUT2D eigenvalue weighted by atomic mass is 10.0. The molecule has 5 nitrogen and oxygen atoms in total. The summed E-state index contributed by atoms with van der Waals surface area (Å²) in [5.41, 5.74) is 10.1. The highest BCUT2D eigenvalue weighted by atomic mass is 15.3. The van der Waals surface area contributed by atoms with Crippen molar-refractivity contribution in [2.75, 3.05) is 0 Å². The molecule has 236 valence electrons. The molecule has 0 fully saturated rings. The molecular weight excluding hydrogens is 611 g/mol. The van der Waals surface area contributed by atoms with E-state index in [1.54, 1.807) is 0 Å². The van der Waals surface area contributed by atoms with Gasteiger partial charge in [0.05, 0.1) is 22.1 Å². The number of hydrogen-bond acceptors (Lipinski definition) is 3. The van der Waals surface area contributed by atoms with Gasteiger partial charge in [-0.25, -0.2) is 9.98 Å². The predicted octanol–water partition coefficient (Wildman–Crippen LogP) is 10.5. The Bertz CT molecular complexity index is 2680. The van der Waals surface area contributed by atoms with Crippen molar-refractivity contribution in [3.8, 4) is 16.8 Å². The minimum Gasteiger partial charge on any atom is -0.324 e. The van der Waals surface area contributed by atoms with E-state index < -0.39 is 6.29 Å². The number of amidine groups is 2. The molecule has 1 N–H and O–H groups in total. The Morgan fingerprint density at radius 3 is 1.48 bits per heavy atom. The van der Waals surface area contributed by atoms with E-state index in [9.17, 15) is 0 Å². The number of rotatable bonds is 5. The van der Waals surface area contributed by atoms with Crippen LogP contribution in [0.15, 0.2) is 186 Å². The van der Waals surface area contributed by atoms with Gasteiger partial charge >= 0.3 is 0 Å². The Balaban J connectivity index is 1.13. The summed E-state index contributed by atoms with van der Waals surface area (Å²) >= 11 is 0. The van der Waals surface area contributed by atoms with E-state index in [1.165, 1.54) is 38.1 Å². The number of aromatic nitrogens is 2. The summed E-state index contributed by atoms with van der Waals surface area (Å²) in [6, 6.07) is 62.1. The first-order chi connectivity index (χ1) is 24.8. The lowest BCUT2D eigenvalue weighted by molar-refractivity contribution is 0.575. The third kappa shape index (κ3) is 4.55. The van der Waals surface area contributed by atoms with Crippen molar-refractivity contribution >= 4 is 55.3 Å². The van der Waals surface area contributed by atoms with Crippen LogP contribution in [0.25, 0.3) is 60.4 Å². The Labute approximate surface area is 289 Å². The molecule has 0 amide bonds. The number of aliphatic imine (C=N–C) groups is 2. The first-order valence-corrected chi connectivity index (χ1v) is 17.0. The van der Waals surface area contributed by atoms with Gasteiger partial charge in [-0.1, -0.05) is 133 Å². The number of fused-ring (bicyclic) bond motifs is 6. The Hall–Kier alpha value is -6.72. The molecule has 9 aromatic rings. The zero-order valence-corrected chi connectivity index (χ0v) is 27.1. The SMILES string of the molecule is c1ccc(C2=NC(n3c4ccccc4c4cc(-c5cccc(-n6c7ccccc7c7ccccc76)c5)ccc43)N=C(c3ccccc3)N2)cc1. The number of nitrogens with one attached hydrogen (secondary N) is 1. The molecule has 0 spiro atoms. The zero-order chi connectivity index (χ0) is 33.0. The Morgan fingerprint density at radius 1 is 0.380 bits per heavy atom. The summed E-state index contributed by atoms with van der Waals surface area (Å²) in [6.45, 7) is 0. The molecule has 0 unspecified atom stereocenters. The van der Waals surface area contributed by atoms with E-state index in [0.717, 1.165) is 45.1 Å². The third-order valence-electron chi connectivity index (χ3n) is 9.78. The second-order valence-electron chi connectivity index (χ2n) is 12.7. The van der Waals surface area contributed by atoms with Crippen LogP contribution in [0.3, 0.4) is 0 Å². The van der Waals surface area contributed by atoms with Gasteiger partial charge in [0.15, 0.2) is 0 Å². The van der Waals surface area contributed by atoms with Gasteiger partial charge in [-0.2, -0.15) is 0 Å². The standard InChI is InChI=1S/C45H31N5/c1-3-14-30(15-4-1)43-46-44(31-16-5-2-6-17-31)48-45(47-43)50-41-25-12-9-22-37(41)38-29-33(26-27-42(38)50)32-18-13-19-34(28-32)49-39-23-10-7-20-35(39)36-21-8-11-24-40(36)49/h1-29,45H,(H,46,47,48). The third-order valence-corrected chi connectivity index (χ3v) is 9.78. The van der Waals surface area contributed by atoms with Gasteiger partial charge in [0, 0.05) is 38.4 Å². The highest BCUT2D eigenvalue weighted by molar-refractivity contribution is 6.16. The van der Waals surface area contributed by atoms with E-state index in [-0.39, 0.29) is 0 Å². The second-order valence-corrected chi connectivity index (χ2v) is 12.7. The van der Waals surface area contributed by atoms with E-state index in [4.69, 9.17) is 9.98 Å². The van der Waals surface area contributed by atoms with Crippen molar-refractivity contribution in [3.63, 3.8) is 0 Å². The molecule has 0 radical (unpaired) electrons. The topological polar surface area (TPSA) is 46.6 Å². The van der Waals surface area contributed by atoms with E-state index in [0.29, 0.717) is 0 Å². The van der Waals surface area contributed by atoms with Crippen LogP contribution in [0, 0.1) is 0 Å². The van der Waals surface area contributed by atoms with Crippen LogP contribution in [0.1, 0.15) is 17.4 Å². The normalized spacial score (nSPS) is 13.5. The van der Waals surface area contributed by atoms with Crippen LogP contribution in [-0.4, -0.2) is 20.8 Å². The molecule has 0 aliphatic carbocycles. The molecule has 7 aromatic carbocycles. The molecule has 0 saturated heterocycles. The van der Waals surface area contributed by atoms with Gasteiger partial charge in [0.2, 0.25) is 6.29 Å². The molecule has 1 aliphatic rings. The lowest BCUT2D eigenvalue weighted by Gasteiger charge is -2.24. The summed E-state index contributed by atoms with van der Waals surface area (Å²) in [5.74, 6) is 1.60. The second kappa shape index (κ2) is 11.5. The first-order valence-electron chi connectivity index (χ1n) is 17.0. The number of benzene rings is 7. The quantitative estimate of drug-likeness (QED) is 0.200. The molecule has 0 bridgehead atoms.